The molecule has 1 aromatic carbocycles. The first-order valence-electron chi connectivity index (χ1n) is 9.85. The minimum atomic E-state index is 0.133. The molecular weight excluding hydrogens is 350 g/mol. The van der Waals surface area contributed by atoms with Crippen LogP contribution in [0.25, 0.3) is 11.1 Å². The Morgan fingerprint density at radius 1 is 1.25 bits per heavy atom. The van der Waals surface area contributed by atoms with Gasteiger partial charge in [-0.3, -0.25) is 9.48 Å². The predicted molar refractivity (Wildman–Crippen MR) is 112 cm³/mol. The quantitative estimate of drug-likeness (QED) is 0.736. The lowest BCUT2D eigenvalue weighted by atomic mass is 10.00. The molecule has 0 saturated carbocycles. The molecule has 1 N–H and O–H groups in total. The van der Waals surface area contributed by atoms with Gasteiger partial charge in [-0.2, -0.15) is 5.10 Å². The number of amides is 1. The van der Waals surface area contributed by atoms with Gasteiger partial charge in [-0.25, -0.2) is 0 Å². The van der Waals surface area contributed by atoms with Crippen LogP contribution < -0.4 is 0 Å². The molecule has 0 saturated heterocycles. The molecule has 1 amide bonds. The van der Waals surface area contributed by atoms with Gasteiger partial charge in [0.05, 0.1) is 12.0 Å². The number of aromatic nitrogens is 2. The van der Waals surface area contributed by atoms with Crippen LogP contribution in [0.4, 0.5) is 0 Å². The van der Waals surface area contributed by atoms with Gasteiger partial charge in [-0.05, 0) is 56.7 Å². The first kappa shape index (κ1) is 19.9. The summed E-state index contributed by atoms with van der Waals surface area (Å²) in [6.07, 6.45) is 9.21. The zero-order valence-corrected chi connectivity index (χ0v) is 17.0. The molecule has 0 aliphatic carbocycles. The number of allylic oxidation sites excluding steroid dienone is 3. The molecule has 2 aromatic rings. The van der Waals surface area contributed by atoms with Gasteiger partial charge in [0.1, 0.15) is 0 Å². The van der Waals surface area contributed by atoms with E-state index in [9.17, 15) is 9.90 Å². The lowest BCUT2D eigenvalue weighted by molar-refractivity contribution is -0.127. The molecule has 0 fully saturated rings. The topological polar surface area (TPSA) is 58.4 Å². The Balaban J connectivity index is 1.67. The van der Waals surface area contributed by atoms with E-state index in [-0.39, 0.29) is 5.91 Å². The first-order valence-corrected chi connectivity index (χ1v) is 9.85. The van der Waals surface area contributed by atoms with Crippen LogP contribution in [0.1, 0.15) is 45.1 Å². The van der Waals surface area contributed by atoms with Crippen LogP contribution in [0.5, 0.6) is 0 Å². The highest BCUT2D eigenvalue weighted by atomic mass is 16.3. The molecule has 0 bridgehead atoms. The van der Waals surface area contributed by atoms with Crippen molar-refractivity contribution in [2.75, 3.05) is 6.54 Å². The van der Waals surface area contributed by atoms with E-state index in [0.29, 0.717) is 12.3 Å². The second-order valence-electron chi connectivity index (χ2n) is 7.54. The number of rotatable bonds is 6. The average molecular weight is 380 g/mol. The number of aliphatic hydroxyl groups is 1. The highest BCUT2D eigenvalue weighted by Gasteiger charge is 2.21. The van der Waals surface area contributed by atoms with Gasteiger partial charge in [0.2, 0.25) is 5.91 Å². The second kappa shape index (κ2) is 8.91. The lowest BCUT2D eigenvalue weighted by Gasteiger charge is -2.21. The molecule has 3 rings (SSSR count). The summed E-state index contributed by atoms with van der Waals surface area (Å²) in [7, 11) is 1.91. The molecule has 0 spiro atoms. The molecule has 5 nitrogen and oxygen atoms in total. The van der Waals surface area contributed by atoms with E-state index in [0.717, 1.165) is 54.5 Å². The summed E-state index contributed by atoms with van der Waals surface area (Å²) >= 11 is 0. The van der Waals surface area contributed by atoms with E-state index in [4.69, 9.17) is 0 Å². The predicted octanol–water partition coefficient (Wildman–Crippen LogP) is 4.77. The SMILES string of the molecule is CC1=C(CC/C=C(\C)O)CCCN(Cc2ccc(-c3cnn(C)c3)cc2)C1=O. The summed E-state index contributed by atoms with van der Waals surface area (Å²) in [5, 5.41) is 13.5. The Bertz CT molecular complexity index is 887. The van der Waals surface area contributed by atoms with Crippen molar-refractivity contribution in [2.24, 2.45) is 7.05 Å². The normalized spacial score (nSPS) is 15.9. The molecular formula is C23H29N3O2. The van der Waals surface area contributed by atoms with Crippen LogP contribution in [0.3, 0.4) is 0 Å². The van der Waals surface area contributed by atoms with E-state index in [2.05, 4.69) is 29.4 Å². The summed E-state index contributed by atoms with van der Waals surface area (Å²) in [5.41, 5.74) is 5.45. The van der Waals surface area contributed by atoms with Crippen molar-refractivity contribution in [3.8, 4) is 11.1 Å². The van der Waals surface area contributed by atoms with Crippen LogP contribution in [0, 0.1) is 0 Å². The van der Waals surface area contributed by atoms with Gasteiger partial charge in [0.15, 0.2) is 0 Å². The van der Waals surface area contributed by atoms with Gasteiger partial charge in [0, 0.05) is 37.5 Å². The third kappa shape index (κ3) is 4.91. The highest BCUT2D eigenvalue weighted by Crippen LogP contribution is 2.25. The fraction of sp³-hybridized carbons (Fsp3) is 0.391. The van der Waals surface area contributed by atoms with Gasteiger partial charge >= 0.3 is 0 Å². The minimum Gasteiger partial charge on any atom is -0.513 e. The van der Waals surface area contributed by atoms with Crippen LogP contribution in [0.15, 0.2) is 59.6 Å². The number of carbonyl (C=O) groups is 1. The maximum absolute atomic E-state index is 12.9. The monoisotopic (exact) mass is 379 g/mol. The number of aliphatic hydroxyl groups excluding tert-OH is 1. The van der Waals surface area contributed by atoms with E-state index in [1.807, 2.05) is 37.3 Å². The van der Waals surface area contributed by atoms with E-state index in [1.54, 1.807) is 11.6 Å². The number of benzene rings is 1. The molecule has 0 unspecified atom stereocenters. The van der Waals surface area contributed by atoms with E-state index >= 15 is 0 Å². The van der Waals surface area contributed by atoms with Crippen molar-refractivity contribution in [1.82, 2.24) is 14.7 Å². The third-order valence-corrected chi connectivity index (χ3v) is 5.30. The standard InChI is InChI=1S/C23H29N3O2/c1-17(27)6-4-7-20-8-5-13-26(23(28)18(20)2)15-19-9-11-21(12-10-19)22-14-24-25(3)16-22/h6,9-12,14,16,27H,4-5,7-8,13,15H2,1-3H3/b17-6+. The maximum atomic E-state index is 12.9. The lowest BCUT2D eigenvalue weighted by Crippen LogP contribution is -2.31. The molecule has 5 heteroatoms. The Morgan fingerprint density at radius 3 is 2.64 bits per heavy atom. The Labute approximate surface area is 167 Å². The smallest absolute Gasteiger partial charge is 0.249 e. The zero-order chi connectivity index (χ0) is 20.1. The molecule has 28 heavy (non-hydrogen) atoms. The van der Waals surface area contributed by atoms with Gasteiger partial charge in [-0.1, -0.05) is 29.8 Å². The minimum absolute atomic E-state index is 0.133. The molecule has 1 aliphatic heterocycles. The highest BCUT2D eigenvalue weighted by molar-refractivity contribution is 5.94. The molecule has 1 aromatic heterocycles. The van der Waals surface area contributed by atoms with Crippen molar-refractivity contribution < 1.29 is 9.90 Å². The number of aryl methyl sites for hydroxylation is 1. The number of hydrogen-bond donors (Lipinski definition) is 1. The van der Waals surface area contributed by atoms with Crippen LogP contribution >= 0.6 is 0 Å². The first-order chi connectivity index (χ1) is 13.4. The molecule has 1 aliphatic rings. The summed E-state index contributed by atoms with van der Waals surface area (Å²) in [4.78, 5) is 14.9. The van der Waals surface area contributed by atoms with Gasteiger partial charge in [-0.15, -0.1) is 0 Å². The third-order valence-electron chi connectivity index (χ3n) is 5.30. The zero-order valence-electron chi connectivity index (χ0n) is 17.0. The van der Waals surface area contributed by atoms with E-state index < -0.39 is 0 Å². The molecule has 0 atom stereocenters. The summed E-state index contributed by atoms with van der Waals surface area (Å²) in [6, 6.07) is 8.36. The number of nitrogens with zero attached hydrogens (tertiary/aromatic N) is 3. The van der Waals surface area contributed by atoms with Gasteiger partial charge < -0.3 is 10.0 Å². The summed E-state index contributed by atoms with van der Waals surface area (Å²) < 4.78 is 1.80. The number of carbonyl (C=O) groups excluding carboxylic acids is 1. The Morgan fingerprint density at radius 2 is 2.00 bits per heavy atom. The molecule has 0 radical (unpaired) electrons. The largest absolute Gasteiger partial charge is 0.513 e. The Kier molecular flexibility index (Phi) is 6.34. The average Bonchev–Trinajstić information content (AvgIpc) is 3.06. The summed E-state index contributed by atoms with van der Waals surface area (Å²) in [6.45, 7) is 5.03. The molecule has 148 valence electrons. The van der Waals surface area contributed by atoms with Crippen molar-refractivity contribution in [3.63, 3.8) is 0 Å². The van der Waals surface area contributed by atoms with Crippen molar-refractivity contribution in [2.45, 2.75) is 46.1 Å². The van der Waals surface area contributed by atoms with Crippen molar-refractivity contribution >= 4 is 5.91 Å². The maximum Gasteiger partial charge on any atom is 0.249 e. The van der Waals surface area contributed by atoms with Crippen molar-refractivity contribution in [1.29, 1.82) is 0 Å². The van der Waals surface area contributed by atoms with Crippen LogP contribution in [-0.4, -0.2) is 32.2 Å². The van der Waals surface area contributed by atoms with Crippen LogP contribution in [-0.2, 0) is 18.4 Å². The van der Waals surface area contributed by atoms with Crippen LogP contribution in [0.2, 0.25) is 0 Å². The summed E-state index contributed by atoms with van der Waals surface area (Å²) in [5.74, 6) is 0.475. The van der Waals surface area contributed by atoms with Gasteiger partial charge in [0.25, 0.3) is 0 Å². The van der Waals surface area contributed by atoms with E-state index in [1.165, 1.54) is 5.57 Å². The fourth-order valence-corrected chi connectivity index (χ4v) is 3.67. The van der Waals surface area contributed by atoms with Crippen molar-refractivity contribution in [3.05, 3.63) is 65.2 Å². The Hall–Kier alpha value is -2.82. The fourth-order valence-electron chi connectivity index (χ4n) is 3.67. The number of hydrogen-bond acceptors (Lipinski definition) is 3. The second-order valence-corrected chi connectivity index (χ2v) is 7.54. The molecule has 2 heterocycles.